The molecule has 2 N–H and O–H groups in total. The molecule has 0 aromatic heterocycles. The fourth-order valence-electron chi connectivity index (χ4n) is 2.14. The van der Waals surface area contributed by atoms with Crippen LogP contribution in [0.2, 0.25) is 5.02 Å². The Balaban J connectivity index is 2.85. The number of benzene rings is 1. The van der Waals surface area contributed by atoms with Crippen LogP contribution in [-0.4, -0.2) is 37.4 Å². The predicted molar refractivity (Wildman–Crippen MR) is 79.9 cm³/mol. The van der Waals surface area contributed by atoms with Crippen LogP contribution in [0.5, 0.6) is 0 Å². The van der Waals surface area contributed by atoms with Crippen molar-refractivity contribution < 1.29 is 14.6 Å². The van der Waals surface area contributed by atoms with Gasteiger partial charge in [0.05, 0.1) is 25.2 Å². The van der Waals surface area contributed by atoms with E-state index in [0.717, 1.165) is 5.56 Å². The lowest BCUT2D eigenvalue weighted by atomic mass is 9.87. The Morgan fingerprint density at radius 3 is 2.40 bits per heavy atom. The summed E-state index contributed by atoms with van der Waals surface area (Å²) in [5.74, 6) is -0.255. The molecule has 0 radical (unpaired) electrons. The van der Waals surface area contributed by atoms with Gasteiger partial charge in [-0.05, 0) is 23.6 Å². The SMILES string of the molecule is COCC(CO)NC(=O)C(c1ccc(Cl)cc1)C(C)C. The van der Waals surface area contributed by atoms with E-state index in [0.29, 0.717) is 5.02 Å². The number of carbonyl (C=O) groups excluding carboxylic acids is 1. The van der Waals surface area contributed by atoms with Crippen LogP contribution in [0.25, 0.3) is 0 Å². The number of aliphatic hydroxyl groups excluding tert-OH is 1. The highest BCUT2D eigenvalue weighted by Crippen LogP contribution is 2.26. The van der Waals surface area contributed by atoms with Gasteiger partial charge < -0.3 is 15.2 Å². The lowest BCUT2D eigenvalue weighted by Gasteiger charge is -2.24. The highest BCUT2D eigenvalue weighted by Gasteiger charge is 2.25. The van der Waals surface area contributed by atoms with Crippen molar-refractivity contribution in [3.8, 4) is 0 Å². The molecule has 0 spiro atoms. The maximum absolute atomic E-state index is 12.4. The predicted octanol–water partition coefficient (Wildman–Crippen LogP) is 2.20. The number of amides is 1. The molecule has 1 aromatic carbocycles. The zero-order valence-electron chi connectivity index (χ0n) is 12.1. The van der Waals surface area contributed by atoms with Gasteiger partial charge in [-0.2, -0.15) is 0 Å². The van der Waals surface area contributed by atoms with Gasteiger partial charge in [0.25, 0.3) is 0 Å². The molecule has 1 rings (SSSR count). The monoisotopic (exact) mass is 299 g/mol. The summed E-state index contributed by atoms with van der Waals surface area (Å²) in [6.07, 6.45) is 0. The van der Waals surface area contributed by atoms with Crippen molar-refractivity contribution in [1.82, 2.24) is 5.32 Å². The standard InChI is InChI=1S/C15H22ClNO3/c1-10(2)14(11-4-6-12(16)7-5-11)15(19)17-13(8-18)9-20-3/h4-7,10,13-14,18H,8-9H2,1-3H3,(H,17,19). The van der Waals surface area contributed by atoms with Gasteiger partial charge >= 0.3 is 0 Å². The largest absolute Gasteiger partial charge is 0.394 e. The van der Waals surface area contributed by atoms with E-state index in [1.807, 2.05) is 26.0 Å². The number of carbonyl (C=O) groups is 1. The normalized spacial score (nSPS) is 14.1. The molecule has 0 fully saturated rings. The van der Waals surface area contributed by atoms with E-state index in [4.69, 9.17) is 16.3 Å². The van der Waals surface area contributed by atoms with Crippen molar-refractivity contribution in [2.24, 2.45) is 5.92 Å². The van der Waals surface area contributed by atoms with Gasteiger partial charge in [-0.15, -0.1) is 0 Å². The molecule has 5 heteroatoms. The molecule has 0 aliphatic carbocycles. The lowest BCUT2D eigenvalue weighted by Crippen LogP contribution is -2.43. The summed E-state index contributed by atoms with van der Waals surface area (Å²) in [5, 5.41) is 12.7. The van der Waals surface area contributed by atoms with Gasteiger partial charge in [0.1, 0.15) is 0 Å². The van der Waals surface area contributed by atoms with Crippen molar-refractivity contribution in [3.63, 3.8) is 0 Å². The van der Waals surface area contributed by atoms with Gasteiger partial charge in [-0.1, -0.05) is 37.6 Å². The van der Waals surface area contributed by atoms with Crippen LogP contribution in [0, 0.1) is 5.92 Å². The third-order valence-corrected chi connectivity index (χ3v) is 3.36. The Labute approximate surface area is 125 Å². The Bertz CT molecular complexity index is 420. The van der Waals surface area contributed by atoms with Crippen LogP contribution in [0.4, 0.5) is 0 Å². The van der Waals surface area contributed by atoms with E-state index in [1.165, 1.54) is 7.11 Å². The molecule has 0 heterocycles. The molecule has 2 atom stereocenters. The minimum absolute atomic E-state index is 0.113. The lowest BCUT2D eigenvalue weighted by molar-refractivity contribution is -0.125. The summed E-state index contributed by atoms with van der Waals surface area (Å²) in [6.45, 7) is 4.12. The van der Waals surface area contributed by atoms with E-state index < -0.39 is 0 Å². The number of rotatable bonds is 7. The molecule has 20 heavy (non-hydrogen) atoms. The van der Waals surface area contributed by atoms with Crippen LogP contribution >= 0.6 is 11.6 Å². The summed E-state index contributed by atoms with van der Waals surface area (Å²) in [4.78, 5) is 12.4. The van der Waals surface area contributed by atoms with Crippen LogP contribution in [0.3, 0.4) is 0 Å². The first kappa shape index (κ1) is 17.0. The van der Waals surface area contributed by atoms with E-state index in [1.54, 1.807) is 12.1 Å². The number of halogens is 1. The Hall–Kier alpha value is -1.10. The summed E-state index contributed by atoms with van der Waals surface area (Å²) in [6, 6.07) is 6.88. The number of hydrogen-bond acceptors (Lipinski definition) is 3. The zero-order valence-corrected chi connectivity index (χ0v) is 12.9. The molecule has 0 bridgehead atoms. The molecule has 112 valence electrons. The second kappa shape index (κ2) is 8.25. The molecular weight excluding hydrogens is 278 g/mol. The summed E-state index contributed by atoms with van der Waals surface area (Å²) in [5.41, 5.74) is 0.913. The highest BCUT2D eigenvalue weighted by atomic mass is 35.5. The van der Waals surface area contributed by atoms with Crippen LogP contribution in [-0.2, 0) is 9.53 Å². The summed E-state index contributed by atoms with van der Waals surface area (Å²) >= 11 is 5.87. The minimum Gasteiger partial charge on any atom is -0.394 e. The summed E-state index contributed by atoms with van der Waals surface area (Å²) < 4.78 is 4.97. The van der Waals surface area contributed by atoms with Gasteiger partial charge in [0.15, 0.2) is 0 Å². The smallest absolute Gasteiger partial charge is 0.228 e. The minimum atomic E-state index is -0.388. The molecule has 0 aliphatic heterocycles. The first-order chi connectivity index (χ1) is 9.49. The van der Waals surface area contributed by atoms with Crippen molar-refractivity contribution in [3.05, 3.63) is 34.9 Å². The first-order valence-electron chi connectivity index (χ1n) is 6.65. The second-order valence-corrected chi connectivity index (χ2v) is 5.55. The average molecular weight is 300 g/mol. The third kappa shape index (κ3) is 4.78. The van der Waals surface area contributed by atoms with Gasteiger partial charge in [-0.3, -0.25) is 4.79 Å². The van der Waals surface area contributed by atoms with Crippen LogP contribution in [0.15, 0.2) is 24.3 Å². The average Bonchev–Trinajstić information content (AvgIpc) is 2.40. The number of hydrogen-bond donors (Lipinski definition) is 2. The Morgan fingerprint density at radius 2 is 1.95 bits per heavy atom. The van der Waals surface area contributed by atoms with Crippen LogP contribution < -0.4 is 5.32 Å². The molecule has 0 aliphatic rings. The molecular formula is C15H22ClNO3. The van der Waals surface area contributed by atoms with E-state index in [9.17, 15) is 9.90 Å². The third-order valence-electron chi connectivity index (χ3n) is 3.11. The van der Waals surface area contributed by atoms with Gasteiger partial charge in [0, 0.05) is 12.1 Å². The second-order valence-electron chi connectivity index (χ2n) is 5.12. The topological polar surface area (TPSA) is 58.6 Å². The van der Waals surface area contributed by atoms with Gasteiger partial charge in [0.2, 0.25) is 5.91 Å². The fraction of sp³-hybridized carbons (Fsp3) is 0.533. The van der Waals surface area contributed by atoms with Crippen molar-refractivity contribution >= 4 is 17.5 Å². The zero-order chi connectivity index (χ0) is 15.1. The number of aliphatic hydroxyl groups is 1. The summed E-state index contributed by atoms with van der Waals surface area (Å²) in [7, 11) is 1.54. The molecule has 4 nitrogen and oxygen atoms in total. The maximum Gasteiger partial charge on any atom is 0.228 e. The van der Waals surface area contributed by atoms with E-state index in [2.05, 4.69) is 5.32 Å². The maximum atomic E-state index is 12.4. The van der Waals surface area contributed by atoms with Crippen molar-refractivity contribution in [2.45, 2.75) is 25.8 Å². The number of nitrogens with one attached hydrogen (secondary N) is 1. The number of methoxy groups -OCH3 is 1. The van der Waals surface area contributed by atoms with Crippen LogP contribution in [0.1, 0.15) is 25.3 Å². The van der Waals surface area contributed by atoms with E-state index in [-0.39, 0.29) is 37.0 Å². The van der Waals surface area contributed by atoms with E-state index >= 15 is 0 Å². The number of ether oxygens (including phenoxy) is 1. The molecule has 1 amide bonds. The first-order valence-corrected chi connectivity index (χ1v) is 7.03. The fourth-order valence-corrected chi connectivity index (χ4v) is 2.27. The molecule has 0 saturated heterocycles. The molecule has 2 unspecified atom stereocenters. The Kier molecular flexibility index (Phi) is 6.99. The van der Waals surface area contributed by atoms with Gasteiger partial charge in [-0.25, -0.2) is 0 Å². The van der Waals surface area contributed by atoms with Crippen molar-refractivity contribution in [1.29, 1.82) is 0 Å². The highest BCUT2D eigenvalue weighted by molar-refractivity contribution is 6.30. The molecule has 1 aromatic rings. The van der Waals surface area contributed by atoms with Crippen molar-refractivity contribution in [2.75, 3.05) is 20.3 Å². The molecule has 0 saturated carbocycles. The Morgan fingerprint density at radius 1 is 1.35 bits per heavy atom. The quantitative estimate of drug-likeness (QED) is 0.811.